The Balaban J connectivity index is 1.73. The number of anilines is 1. The average Bonchev–Trinajstić information content (AvgIpc) is 2.67. The number of halogens is 3. The van der Waals surface area contributed by atoms with Gasteiger partial charge in [-0.05, 0) is 61.2 Å². The number of nitrogens with zero attached hydrogens (tertiary/aromatic N) is 1. The van der Waals surface area contributed by atoms with Crippen molar-refractivity contribution in [1.82, 2.24) is 4.90 Å². The van der Waals surface area contributed by atoms with Crippen molar-refractivity contribution in [3.63, 3.8) is 0 Å². The molecule has 0 aliphatic carbocycles. The number of ether oxygens (including phenoxy) is 1. The second-order valence-electron chi connectivity index (χ2n) is 6.97. The summed E-state index contributed by atoms with van der Waals surface area (Å²) < 4.78 is 19.0. The van der Waals surface area contributed by atoms with Crippen molar-refractivity contribution >= 4 is 40.8 Å². The average molecular weight is 439 g/mol. The fraction of sp³-hybridized carbons (Fsp3) is 0.333. The molecule has 1 unspecified atom stereocenters. The molecule has 1 aliphatic heterocycles. The molecule has 2 aromatic carbocycles. The van der Waals surface area contributed by atoms with Gasteiger partial charge in [0.2, 0.25) is 5.91 Å². The molecule has 2 aromatic rings. The number of carbonyl (C=O) groups is 2. The van der Waals surface area contributed by atoms with E-state index >= 15 is 0 Å². The molecule has 3 rings (SSSR count). The van der Waals surface area contributed by atoms with Crippen LogP contribution >= 0.6 is 23.2 Å². The maximum Gasteiger partial charge on any atom is 0.338 e. The molecule has 5 nitrogen and oxygen atoms in total. The van der Waals surface area contributed by atoms with E-state index in [1.807, 2.05) is 13.0 Å². The van der Waals surface area contributed by atoms with Gasteiger partial charge in [-0.3, -0.25) is 4.79 Å². The van der Waals surface area contributed by atoms with Gasteiger partial charge < -0.3 is 15.0 Å². The highest BCUT2D eigenvalue weighted by Gasteiger charge is 2.29. The minimum absolute atomic E-state index is 0.0845. The normalized spacial score (nSPS) is 15.7. The lowest BCUT2D eigenvalue weighted by molar-refractivity contribution is -0.131. The van der Waals surface area contributed by atoms with Gasteiger partial charge in [-0.25, -0.2) is 9.18 Å². The highest BCUT2D eigenvalue weighted by Crippen LogP contribution is 2.37. The summed E-state index contributed by atoms with van der Waals surface area (Å²) in [6.45, 7) is 4.02. The maximum absolute atomic E-state index is 14.4. The minimum Gasteiger partial charge on any atom is -0.465 e. The van der Waals surface area contributed by atoms with E-state index in [1.165, 1.54) is 13.2 Å². The topological polar surface area (TPSA) is 58.6 Å². The number of fused-ring (bicyclic) bond motifs is 1. The molecule has 1 atom stereocenters. The van der Waals surface area contributed by atoms with Crippen LogP contribution in [-0.4, -0.2) is 37.0 Å². The number of methoxy groups -OCH3 is 1. The van der Waals surface area contributed by atoms with E-state index in [2.05, 4.69) is 10.1 Å². The van der Waals surface area contributed by atoms with Crippen LogP contribution in [0, 0.1) is 12.7 Å². The molecule has 0 spiro atoms. The van der Waals surface area contributed by atoms with Crippen LogP contribution in [0.25, 0.3) is 0 Å². The quantitative estimate of drug-likeness (QED) is 0.697. The number of hydrogen-bond acceptors (Lipinski definition) is 4. The van der Waals surface area contributed by atoms with Gasteiger partial charge in [0.15, 0.2) is 0 Å². The van der Waals surface area contributed by atoms with Crippen LogP contribution < -0.4 is 5.32 Å². The first-order chi connectivity index (χ1) is 13.7. The molecule has 0 saturated carbocycles. The second kappa shape index (κ2) is 8.59. The van der Waals surface area contributed by atoms with Crippen LogP contribution in [0.5, 0.6) is 0 Å². The van der Waals surface area contributed by atoms with Gasteiger partial charge in [0.1, 0.15) is 5.82 Å². The Labute approximate surface area is 178 Å². The van der Waals surface area contributed by atoms with E-state index in [-0.39, 0.29) is 29.7 Å². The molecule has 29 heavy (non-hydrogen) atoms. The summed E-state index contributed by atoms with van der Waals surface area (Å²) in [6.07, 6.45) is 0.646. The van der Waals surface area contributed by atoms with Gasteiger partial charge in [0.05, 0.1) is 30.9 Å². The predicted molar refractivity (Wildman–Crippen MR) is 111 cm³/mol. The fourth-order valence-corrected chi connectivity index (χ4v) is 4.36. The fourth-order valence-electron chi connectivity index (χ4n) is 3.66. The molecule has 0 aromatic heterocycles. The van der Waals surface area contributed by atoms with Crippen molar-refractivity contribution in [2.45, 2.75) is 26.3 Å². The second-order valence-corrected chi connectivity index (χ2v) is 7.81. The third kappa shape index (κ3) is 4.33. The van der Waals surface area contributed by atoms with Gasteiger partial charge in [-0.1, -0.05) is 23.2 Å². The van der Waals surface area contributed by atoms with Crippen molar-refractivity contribution in [3.05, 3.63) is 62.4 Å². The third-order valence-corrected chi connectivity index (χ3v) is 5.69. The van der Waals surface area contributed by atoms with E-state index in [1.54, 1.807) is 17.9 Å². The Morgan fingerprint density at radius 2 is 2.00 bits per heavy atom. The summed E-state index contributed by atoms with van der Waals surface area (Å²) in [5, 5.41) is 3.94. The van der Waals surface area contributed by atoms with Gasteiger partial charge in [0.25, 0.3) is 0 Å². The molecule has 8 heteroatoms. The highest BCUT2D eigenvalue weighted by atomic mass is 35.5. The number of benzene rings is 2. The summed E-state index contributed by atoms with van der Waals surface area (Å²) in [7, 11) is 1.24. The standard InChI is InChI=1S/C21H21Cl2FN2O3/c1-11-6-18(17(24)9-15(11)21(28)29-3)25-10-19(27)26-5-4-13-7-14(22)8-16(23)20(13)12(26)2/h6-9,12,25H,4-5,10H2,1-3H3. The molecule has 0 fully saturated rings. The Hall–Kier alpha value is -2.31. The number of nitrogens with one attached hydrogen (secondary N) is 1. The summed E-state index contributed by atoms with van der Waals surface area (Å²) in [6, 6.07) is 5.93. The molecule has 0 saturated heterocycles. The van der Waals surface area contributed by atoms with Gasteiger partial charge in [-0.15, -0.1) is 0 Å². The van der Waals surface area contributed by atoms with Crippen LogP contribution in [0.15, 0.2) is 24.3 Å². The number of hydrogen-bond donors (Lipinski definition) is 1. The zero-order valence-corrected chi connectivity index (χ0v) is 17.8. The van der Waals surface area contributed by atoms with Gasteiger partial charge >= 0.3 is 5.97 Å². The lowest BCUT2D eigenvalue weighted by atomic mass is 9.93. The number of amides is 1. The molecule has 1 amide bonds. The van der Waals surface area contributed by atoms with E-state index in [0.717, 1.165) is 17.2 Å². The van der Waals surface area contributed by atoms with Crippen molar-refractivity contribution in [3.8, 4) is 0 Å². The van der Waals surface area contributed by atoms with E-state index in [4.69, 9.17) is 23.2 Å². The number of rotatable bonds is 4. The lowest BCUT2D eigenvalue weighted by Crippen LogP contribution is -2.42. The Morgan fingerprint density at radius 1 is 1.28 bits per heavy atom. The molecular formula is C21H21Cl2FN2O3. The maximum atomic E-state index is 14.4. The number of esters is 1. The molecule has 0 radical (unpaired) electrons. The monoisotopic (exact) mass is 438 g/mol. The van der Waals surface area contributed by atoms with Crippen molar-refractivity contribution < 1.29 is 18.7 Å². The van der Waals surface area contributed by atoms with Crippen LogP contribution in [0.1, 0.15) is 40.0 Å². The van der Waals surface area contributed by atoms with Crippen molar-refractivity contribution in [1.29, 1.82) is 0 Å². The first kappa shape index (κ1) is 21.4. The number of carbonyl (C=O) groups excluding carboxylic acids is 2. The minimum atomic E-state index is -0.626. The van der Waals surface area contributed by atoms with Crippen molar-refractivity contribution in [2.24, 2.45) is 0 Å². The number of aryl methyl sites for hydroxylation is 1. The van der Waals surface area contributed by atoms with E-state index in [0.29, 0.717) is 28.6 Å². The van der Waals surface area contributed by atoms with Crippen LogP contribution in [0.3, 0.4) is 0 Å². The zero-order chi connectivity index (χ0) is 21.3. The van der Waals surface area contributed by atoms with Crippen molar-refractivity contribution in [2.75, 3.05) is 25.5 Å². The first-order valence-electron chi connectivity index (χ1n) is 9.12. The van der Waals surface area contributed by atoms with Gasteiger partial charge in [-0.2, -0.15) is 0 Å². The molecule has 154 valence electrons. The molecule has 1 heterocycles. The predicted octanol–water partition coefficient (Wildman–Crippen LogP) is 4.79. The largest absolute Gasteiger partial charge is 0.465 e. The van der Waals surface area contributed by atoms with Crippen LogP contribution in [0.2, 0.25) is 10.0 Å². The summed E-state index contributed by atoms with van der Waals surface area (Å²) >= 11 is 12.4. The van der Waals surface area contributed by atoms with Gasteiger partial charge in [0, 0.05) is 16.6 Å². The Kier molecular flexibility index (Phi) is 6.34. The van der Waals surface area contributed by atoms with E-state index < -0.39 is 11.8 Å². The molecule has 1 aliphatic rings. The Morgan fingerprint density at radius 3 is 2.69 bits per heavy atom. The molecule has 1 N–H and O–H groups in total. The van der Waals surface area contributed by atoms with E-state index in [9.17, 15) is 14.0 Å². The molecular weight excluding hydrogens is 418 g/mol. The third-order valence-electron chi connectivity index (χ3n) is 5.16. The van der Waals surface area contributed by atoms with Crippen LogP contribution in [0.4, 0.5) is 10.1 Å². The summed E-state index contributed by atoms with van der Waals surface area (Å²) in [5.41, 5.74) is 2.78. The molecule has 0 bridgehead atoms. The SMILES string of the molecule is COC(=O)c1cc(F)c(NCC(=O)N2CCc3cc(Cl)cc(Cl)c3C2C)cc1C. The van der Waals surface area contributed by atoms with Crippen LogP contribution in [-0.2, 0) is 16.0 Å². The smallest absolute Gasteiger partial charge is 0.338 e. The lowest BCUT2D eigenvalue weighted by Gasteiger charge is -2.36. The zero-order valence-electron chi connectivity index (χ0n) is 16.3. The summed E-state index contributed by atoms with van der Waals surface area (Å²) in [5.74, 6) is -1.41. The highest BCUT2D eigenvalue weighted by molar-refractivity contribution is 6.35. The Bertz CT molecular complexity index is 981. The first-order valence-corrected chi connectivity index (χ1v) is 9.88. The summed E-state index contributed by atoms with van der Waals surface area (Å²) in [4.78, 5) is 26.2.